The van der Waals surface area contributed by atoms with Gasteiger partial charge < -0.3 is 0 Å². The predicted molar refractivity (Wildman–Crippen MR) is 75.2 cm³/mol. The van der Waals surface area contributed by atoms with Crippen molar-refractivity contribution in [1.29, 1.82) is 0 Å². The van der Waals surface area contributed by atoms with Crippen LogP contribution in [-0.2, 0) is 6.18 Å². The van der Waals surface area contributed by atoms with E-state index in [1.54, 1.807) is 0 Å². The molecule has 9 heteroatoms. The number of hydrogen-bond donors (Lipinski definition) is 0. The van der Waals surface area contributed by atoms with E-state index < -0.39 is 17.9 Å². The summed E-state index contributed by atoms with van der Waals surface area (Å²) < 4.78 is 54.6. The third kappa shape index (κ3) is 2.36. The average molecular weight is 337 g/mol. The van der Waals surface area contributed by atoms with E-state index in [-0.39, 0.29) is 24.2 Å². The molecule has 0 bridgehead atoms. The van der Waals surface area contributed by atoms with Crippen molar-refractivity contribution in [3.63, 3.8) is 0 Å². The van der Waals surface area contributed by atoms with Gasteiger partial charge in [0, 0.05) is 12.6 Å². The van der Waals surface area contributed by atoms with E-state index in [2.05, 4.69) is 15.2 Å². The first-order valence-corrected chi connectivity index (χ1v) is 7.21. The number of halogens is 4. The number of fused-ring (bicyclic) bond motifs is 1. The van der Waals surface area contributed by atoms with Crippen molar-refractivity contribution in [3.05, 3.63) is 59.7 Å². The zero-order valence-corrected chi connectivity index (χ0v) is 12.2. The first-order chi connectivity index (χ1) is 11.4. The summed E-state index contributed by atoms with van der Waals surface area (Å²) in [5.74, 6) is 0.0201. The summed E-state index contributed by atoms with van der Waals surface area (Å²) in [6.07, 6.45) is -4.15. The Balaban J connectivity index is 1.72. The van der Waals surface area contributed by atoms with Gasteiger partial charge in [0.2, 0.25) is 0 Å². The molecule has 4 rings (SSSR count). The van der Waals surface area contributed by atoms with Gasteiger partial charge in [-0.15, -0.1) is 5.10 Å². The molecule has 0 radical (unpaired) electrons. The van der Waals surface area contributed by atoms with Crippen molar-refractivity contribution < 1.29 is 17.6 Å². The highest BCUT2D eigenvalue weighted by molar-refractivity contribution is 5.25. The number of hydrogen-bond acceptors (Lipinski definition) is 3. The molecule has 3 heterocycles. The molecule has 0 saturated heterocycles. The molecule has 0 amide bonds. The molecule has 124 valence electrons. The van der Waals surface area contributed by atoms with Crippen molar-refractivity contribution in [2.75, 3.05) is 0 Å². The summed E-state index contributed by atoms with van der Waals surface area (Å²) >= 11 is 0. The van der Waals surface area contributed by atoms with Gasteiger partial charge in [0.15, 0.2) is 12.0 Å². The third-order valence-corrected chi connectivity index (χ3v) is 3.95. The Kier molecular flexibility index (Phi) is 3.19. The maximum absolute atomic E-state index is 14.2. The van der Waals surface area contributed by atoms with Gasteiger partial charge >= 0.3 is 6.18 Å². The van der Waals surface area contributed by atoms with Crippen molar-refractivity contribution >= 4 is 0 Å². The van der Waals surface area contributed by atoms with Gasteiger partial charge in [0.1, 0.15) is 0 Å². The van der Waals surface area contributed by atoms with E-state index >= 15 is 0 Å². The smallest absolute Gasteiger partial charge is 0.239 e. The van der Waals surface area contributed by atoms with Crippen LogP contribution in [-0.4, -0.2) is 24.5 Å². The highest BCUT2D eigenvalue weighted by Crippen LogP contribution is 2.39. The minimum absolute atomic E-state index is 0.0798. The lowest BCUT2D eigenvalue weighted by Crippen LogP contribution is -2.08. The molecule has 0 N–H and O–H groups in total. The van der Waals surface area contributed by atoms with Crippen LogP contribution in [0.2, 0.25) is 0 Å². The molecule has 0 aliphatic carbocycles. The van der Waals surface area contributed by atoms with Gasteiger partial charge in [-0.2, -0.15) is 23.3 Å². The minimum Gasteiger partial charge on any atom is -0.239 e. The topological polar surface area (TPSA) is 48.5 Å². The van der Waals surface area contributed by atoms with Gasteiger partial charge in [-0.25, -0.2) is 13.8 Å². The second-order valence-electron chi connectivity index (χ2n) is 5.52. The standard InChI is InChI=1S/C15H11F4N5/c16-11-6-12(9-4-2-1-3-5-9)24-13(11)21-14(22-24)23-8-10(7-20-23)15(17,18)19/h1-5,7-8,11-12H,6H2. The van der Waals surface area contributed by atoms with Crippen molar-refractivity contribution in [2.24, 2.45) is 0 Å². The quantitative estimate of drug-likeness (QED) is 0.673. The number of nitrogens with zero attached hydrogens (tertiary/aromatic N) is 5. The van der Waals surface area contributed by atoms with Crippen LogP contribution in [0.25, 0.3) is 5.95 Å². The second kappa shape index (κ2) is 5.15. The molecule has 0 spiro atoms. The molecule has 1 aromatic carbocycles. The number of benzene rings is 1. The van der Waals surface area contributed by atoms with E-state index in [4.69, 9.17) is 0 Å². The Morgan fingerprint density at radius 1 is 1.12 bits per heavy atom. The van der Waals surface area contributed by atoms with E-state index in [0.717, 1.165) is 16.4 Å². The molecule has 24 heavy (non-hydrogen) atoms. The Morgan fingerprint density at radius 2 is 1.88 bits per heavy atom. The van der Waals surface area contributed by atoms with Gasteiger partial charge in [0.25, 0.3) is 5.95 Å². The Bertz CT molecular complexity index is 868. The molecule has 3 aromatic rings. The fourth-order valence-corrected chi connectivity index (χ4v) is 2.80. The summed E-state index contributed by atoms with van der Waals surface area (Å²) in [7, 11) is 0. The number of aromatic nitrogens is 5. The third-order valence-electron chi connectivity index (χ3n) is 3.95. The van der Waals surface area contributed by atoms with Crippen molar-refractivity contribution in [2.45, 2.75) is 24.8 Å². The Morgan fingerprint density at radius 3 is 2.54 bits per heavy atom. The first kappa shape index (κ1) is 14.9. The first-order valence-electron chi connectivity index (χ1n) is 7.21. The Labute approximate surface area is 133 Å². The zero-order valence-electron chi connectivity index (χ0n) is 12.2. The molecule has 0 saturated carbocycles. The molecule has 2 aromatic heterocycles. The number of rotatable bonds is 2. The van der Waals surface area contributed by atoms with Crippen LogP contribution in [0.1, 0.15) is 35.6 Å². The van der Waals surface area contributed by atoms with E-state index in [1.165, 1.54) is 4.68 Å². The molecule has 2 atom stereocenters. The van der Waals surface area contributed by atoms with Crippen LogP contribution in [0.5, 0.6) is 0 Å². The van der Waals surface area contributed by atoms with E-state index in [1.807, 2.05) is 30.3 Å². The van der Waals surface area contributed by atoms with Crippen LogP contribution in [0.3, 0.4) is 0 Å². The molecule has 1 aliphatic rings. The molecular weight excluding hydrogens is 326 g/mol. The van der Waals surface area contributed by atoms with Crippen LogP contribution in [0.15, 0.2) is 42.7 Å². The highest BCUT2D eigenvalue weighted by Gasteiger charge is 2.36. The maximum atomic E-state index is 14.2. The van der Waals surface area contributed by atoms with Crippen LogP contribution >= 0.6 is 0 Å². The molecule has 0 fully saturated rings. The summed E-state index contributed by atoms with van der Waals surface area (Å²) in [6.45, 7) is 0. The van der Waals surface area contributed by atoms with Crippen LogP contribution < -0.4 is 0 Å². The highest BCUT2D eigenvalue weighted by atomic mass is 19.4. The lowest BCUT2D eigenvalue weighted by molar-refractivity contribution is -0.137. The average Bonchev–Trinajstić information content (AvgIpc) is 3.23. The maximum Gasteiger partial charge on any atom is 0.419 e. The predicted octanol–water partition coefficient (Wildman–Crippen LogP) is 3.49. The molecular formula is C15H11F4N5. The fraction of sp³-hybridized carbons (Fsp3) is 0.267. The van der Waals surface area contributed by atoms with Crippen molar-refractivity contribution in [3.8, 4) is 5.95 Å². The molecule has 1 aliphatic heterocycles. The van der Waals surface area contributed by atoms with Gasteiger partial charge in [-0.05, 0) is 5.56 Å². The lowest BCUT2D eigenvalue weighted by Gasteiger charge is -2.11. The van der Waals surface area contributed by atoms with Crippen LogP contribution in [0.4, 0.5) is 17.6 Å². The second-order valence-corrected chi connectivity index (χ2v) is 5.52. The van der Waals surface area contributed by atoms with E-state index in [9.17, 15) is 17.6 Å². The summed E-state index contributed by atoms with van der Waals surface area (Å²) in [4.78, 5) is 4.02. The molecule has 5 nitrogen and oxygen atoms in total. The summed E-state index contributed by atoms with van der Waals surface area (Å²) in [5, 5.41) is 7.79. The summed E-state index contributed by atoms with van der Waals surface area (Å²) in [5.41, 5.74) is -0.0411. The minimum atomic E-state index is -4.50. The number of alkyl halides is 4. The Hall–Kier alpha value is -2.71. The van der Waals surface area contributed by atoms with Crippen molar-refractivity contribution in [1.82, 2.24) is 24.5 Å². The van der Waals surface area contributed by atoms with E-state index in [0.29, 0.717) is 6.20 Å². The fourth-order valence-electron chi connectivity index (χ4n) is 2.80. The van der Waals surface area contributed by atoms with Gasteiger partial charge in [-0.3, -0.25) is 0 Å². The monoisotopic (exact) mass is 337 g/mol. The van der Waals surface area contributed by atoms with Gasteiger partial charge in [-0.1, -0.05) is 30.3 Å². The largest absolute Gasteiger partial charge is 0.419 e. The van der Waals surface area contributed by atoms with Crippen LogP contribution in [0, 0.1) is 0 Å². The normalized spacial score (nSPS) is 20.3. The molecule has 2 unspecified atom stereocenters. The zero-order chi connectivity index (χ0) is 16.9. The lowest BCUT2D eigenvalue weighted by atomic mass is 10.0. The van der Waals surface area contributed by atoms with Gasteiger partial charge in [0.05, 0.1) is 17.8 Å². The summed E-state index contributed by atoms with van der Waals surface area (Å²) in [6, 6.07) is 8.88. The SMILES string of the molecule is FC1CC(c2ccccc2)n2nc(-n3cc(C(F)(F)F)cn3)nc21.